The van der Waals surface area contributed by atoms with E-state index >= 15 is 0 Å². The fourth-order valence-electron chi connectivity index (χ4n) is 3.30. The van der Waals surface area contributed by atoms with Gasteiger partial charge in [-0.3, -0.25) is 0 Å². The first-order valence-corrected chi connectivity index (χ1v) is 10.9. The Morgan fingerprint density at radius 3 is 2.64 bits per heavy atom. The second-order valence-electron chi connectivity index (χ2n) is 6.09. The first kappa shape index (κ1) is 17.1. The van der Waals surface area contributed by atoms with E-state index in [-0.39, 0.29) is 6.04 Å². The number of hydrogen-bond donors (Lipinski definition) is 0. The number of fused-ring (bicyclic) bond motifs is 1. The molecule has 0 aliphatic carbocycles. The molecule has 0 spiro atoms. The zero-order valence-corrected chi connectivity index (χ0v) is 15.9. The Bertz CT molecular complexity index is 881. The van der Waals surface area contributed by atoms with Gasteiger partial charge in [0.15, 0.2) is 11.5 Å². The zero-order chi connectivity index (χ0) is 17.4. The van der Waals surface area contributed by atoms with Crippen molar-refractivity contribution in [1.29, 1.82) is 0 Å². The van der Waals surface area contributed by atoms with Crippen LogP contribution in [0.15, 0.2) is 34.5 Å². The maximum atomic E-state index is 13.0. The predicted octanol–water partition coefficient (Wildman–Crippen LogP) is 4.09. The quantitative estimate of drug-likeness (QED) is 0.780. The molecule has 8 heteroatoms. The van der Waals surface area contributed by atoms with Crippen LogP contribution in [0, 0.1) is 0 Å². The van der Waals surface area contributed by atoms with Crippen LogP contribution in [0.3, 0.4) is 0 Å². The highest BCUT2D eigenvalue weighted by molar-refractivity contribution is 7.91. The fourth-order valence-corrected chi connectivity index (χ4v) is 6.59. The van der Waals surface area contributed by atoms with E-state index in [1.165, 1.54) is 0 Å². The first-order chi connectivity index (χ1) is 12.1. The molecule has 3 heterocycles. The van der Waals surface area contributed by atoms with E-state index < -0.39 is 10.0 Å². The molecule has 25 heavy (non-hydrogen) atoms. The number of thiophene rings is 1. The third-order valence-corrected chi connectivity index (χ3v) is 8.08. The molecule has 5 nitrogen and oxygen atoms in total. The summed E-state index contributed by atoms with van der Waals surface area (Å²) in [7, 11) is -3.55. The molecule has 4 rings (SSSR count). The summed E-state index contributed by atoms with van der Waals surface area (Å²) in [6, 6.07) is 8.74. The number of ether oxygens (including phenoxy) is 2. The number of nitrogens with zero attached hydrogens (tertiary/aromatic N) is 1. The molecule has 1 unspecified atom stereocenters. The monoisotopic (exact) mass is 399 g/mol. The van der Waals surface area contributed by atoms with Crippen molar-refractivity contribution < 1.29 is 17.9 Å². The average Bonchev–Trinajstić information content (AvgIpc) is 3.19. The van der Waals surface area contributed by atoms with Crippen molar-refractivity contribution in [3.8, 4) is 11.5 Å². The van der Waals surface area contributed by atoms with Crippen molar-refractivity contribution in [2.45, 2.75) is 29.5 Å². The van der Waals surface area contributed by atoms with Gasteiger partial charge in [-0.1, -0.05) is 17.7 Å². The standard InChI is InChI=1S/C17H18ClNO4S2/c18-16-6-7-17(24-16)25(20,21)19-8-1-3-13(19)12-4-5-14-15(11-12)23-10-2-9-22-14/h4-7,11,13H,1-3,8-10H2. The zero-order valence-electron chi connectivity index (χ0n) is 13.5. The van der Waals surface area contributed by atoms with E-state index in [2.05, 4.69) is 0 Å². The summed E-state index contributed by atoms with van der Waals surface area (Å²) >= 11 is 7.02. The van der Waals surface area contributed by atoms with Crippen molar-refractivity contribution in [3.63, 3.8) is 0 Å². The van der Waals surface area contributed by atoms with Crippen molar-refractivity contribution in [1.82, 2.24) is 4.31 Å². The summed E-state index contributed by atoms with van der Waals surface area (Å²) in [4.78, 5) is 0. The maximum absolute atomic E-state index is 13.0. The van der Waals surface area contributed by atoms with Gasteiger partial charge in [-0.15, -0.1) is 11.3 Å². The van der Waals surface area contributed by atoms with E-state index in [0.717, 1.165) is 41.9 Å². The van der Waals surface area contributed by atoms with E-state index in [1.54, 1.807) is 16.4 Å². The van der Waals surface area contributed by atoms with Gasteiger partial charge in [-0.05, 0) is 42.7 Å². The molecule has 1 aromatic heterocycles. The Morgan fingerprint density at radius 2 is 1.88 bits per heavy atom. The molecular weight excluding hydrogens is 382 g/mol. The summed E-state index contributed by atoms with van der Waals surface area (Å²) < 4.78 is 39.8. The molecule has 1 atom stereocenters. The molecule has 2 aliphatic heterocycles. The first-order valence-electron chi connectivity index (χ1n) is 8.22. The molecular formula is C17H18ClNO4S2. The summed E-state index contributed by atoms with van der Waals surface area (Å²) in [5, 5.41) is 0. The van der Waals surface area contributed by atoms with Crippen LogP contribution in [-0.2, 0) is 10.0 Å². The van der Waals surface area contributed by atoms with Crippen LogP contribution < -0.4 is 9.47 Å². The molecule has 0 radical (unpaired) electrons. The van der Waals surface area contributed by atoms with Crippen LogP contribution in [-0.4, -0.2) is 32.5 Å². The smallest absolute Gasteiger partial charge is 0.253 e. The Labute approximate surface area is 156 Å². The van der Waals surface area contributed by atoms with E-state index in [1.807, 2.05) is 18.2 Å². The van der Waals surface area contributed by atoms with Crippen LogP contribution in [0.2, 0.25) is 4.34 Å². The third-order valence-electron chi connectivity index (χ3n) is 4.47. The topological polar surface area (TPSA) is 55.8 Å². The van der Waals surface area contributed by atoms with Crippen molar-refractivity contribution >= 4 is 33.0 Å². The Kier molecular flexibility index (Phi) is 4.66. The van der Waals surface area contributed by atoms with Gasteiger partial charge in [0.05, 0.1) is 23.6 Å². The second-order valence-corrected chi connectivity index (χ2v) is 9.92. The second kappa shape index (κ2) is 6.79. The minimum absolute atomic E-state index is 0.192. The van der Waals surface area contributed by atoms with Gasteiger partial charge >= 0.3 is 0 Å². The van der Waals surface area contributed by atoms with Crippen LogP contribution in [0.4, 0.5) is 0 Å². The third kappa shape index (κ3) is 3.26. The van der Waals surface area contributed by atoms with Crippen molar-refractivity contribution in [3.05, 3.63) is 40.2 Å². The number of halogens is 1. The fraction of sp³-hybridized carbons (Fsp3) is 0.412. The molecule has 1 fully saturated rings. The minimum Gasteiger partial charge on any atom is -0.490 e. The number of benzene rings is 1. The van der Waals surface area contributed by atoms with Crippen LogP contribution >= 0.6 is 22.9 Å². The Morgan fingerprint density at radius 1 is 1.08 bits per heavy atom. The summed E-state index contributed by atoms with van der Waals surface area (Å²) in [5.41, 5.74) is 0.938. The van der Waals surface area contributed by atoms with Gasteiger partial charge < -0.3 is 9.47 Å². The van der Waals surface area contributed by atoms with Crippen LogP contribution in [0.25, 0.3) is 0 Å². The van der Waals surface area contributed by atoms with Crippen molar-refractivity contribution in [2.75, 3.05) is 19.8 Å². The molecule has 0 bridgehead atoms. The van der Waals surface area contributed by atoms with E-state index in [4.69, 9.17) is 21.1 Å². The molecule has 2 aromatic rings. The number of sulfonamides is 1. The van der Waals surface area contributed by atoms with Gasteiger partial charge in [0.2, 0.25) is 0 Å². The molecule has 0 amide bonds. The van der Waals surface area contributed by atoms with Gasteiger partial charge in [-0.25, -0.2) is 8.42 Å². The lowest BCUT2D eigenvalue weighted by Gasteiger charge is -2.24. The molecule has 0 N–H and O–H groups in total. The van der Waals surface area contributed by atoms with Crippen molar-refractivity contribution in [2.24, 2.45) is 0 Å². The highest BCUT2D eigenvalue weighted by atomic mass is 35.5. The highest BCUT2D eigenvalue weighted by Crippen LogP contribution is 2.41. The highest BCUT2D eigenvalue weighted by Gasteiger charge is 2.37. The molecule has 0 saturated carbocycles. The summed E-state index contributed by atoms with van der Waals surface area (Å²) in [5.74, 6) is 1.41. The minimum atomic E-state index is -3.55. The SMILES string of the molecule is O=S(=O)(c1ccc(Cl)s1)N1CCCC1c1ccc2c(c1)OCCCO2. The molecule has 1 aromatic carbocycles. The number of hydrogen-bond acceptors (Lipinski definition) is 5. The maximum Gasteiger partial charge on any atom is 0.253 e. The lowest BCUT2D eigenvalue weighted by atomic mass is 10.0. The van der Waals surface area contributed by atoms with Crippen LogP contribution in [0.1, 0.15) is 30.9 Å². The molecule has 134 valence electrons. The Balaban J connectivity index is 1.67. The average molecular weight is 400 g/mol. The number of rotatable bonds is 3. The van der Waals surface area contributed by atoms with Gasteiger partial charge in [0.1, 0.15) is 4.21 Å². The lowest BCUT2D eigenvalue weighted by molar-refractivity contribution is 0.296. The normalized spacial score (nSPS) is 21.2. The lowest BCUT2D eigenvalue weighted by Crippen LogP contribution is -2.30. The summed E-state index contributed by atoms with van der Waals surface area (Å²) in [6.45, 7) is 1.75. The van der Waals surface area contributed by atoms with Gasteiger partial charge in [-0.2, -0.15) is 4.31 Å². The predicted molar refractivity (Wildman–Crippen MR) is 97.2 cm³/mol. The largest absolute Gasteiger partial charge is 0.490 e. The summed E-state index contributed by atoms with van der Waals surface area (Å²) in [6.07, 6.45) is 2.46. The molecule has 2 aliphatic rings. The van der Waals surface area contributed by atoms with E-state index in [0.29, 0.717) is 34.1 Å². The molecule has 1 saturated heterocycles. The van der Waals surface area contributed by atoms with Crippen LogP contribution in [0.5, 0.6) is 11.5 Å². The van der Waals surface area contributed by atoms with Gasteiger partial charge in [0, 0.05) is 13.0 Å². The van der Waals surface area contributed by atoms with Gasteiger partial charge in [0.25, 0.3) is 10.0 Å². The Hall–Kier alpha value is -1.28. The van der Waals surface area contributed by atoms with E-state index in [9.17, 15) is 8.42 Å².